The van der Waals surface area contributed by atoms with Crippen LogP contribution in [0.25, 0.3) is 10.9 Å². The van der Waals surface area contributed by atoms with E-state index in [0.717, 1.165) is 40.0 Å². The lowest BCUT2D eigenvalue weighted by Gasteiger charge is -2.12. The van der Waals surface area contributed by atoms with Crippen LogP contribution < -0.4 is 15.2 Å². The molecule has 0 saturated heterocycles. The quantitative estimate of drug-likeness (QED) is 0.695. The van der Waals surface area contributed by atoms with Crippen LogP contribution in [-0.4, -0.2) is 27.1 Å². The third-order valence-electron chi connectivity index (χ3n) is 4.12. The van der Waals surface area contributed by atoms with Crippen molar-refractivity contribution in [3.8, 4) is 5.75 Å². The van der Waals surface area contributed by atoms with Crippen molar-refractivity contribution < 1.29 is 13.2 Å². The van der Waals surface area contributed by atoms with Crippen molar-refractivity contribution in [1.82, 2.24) is 4.98 Å². The summed E-state index contributed by atoms with van der Waals surface area (Å²) in [6.07, 6.45) is 0.748. The first-order valence-electron chi connectivity index (χ1n) is 8.18. The third-order valence-corrected chi connectivity index (χ3v) is 5.05. The Morgan fingerprint density at radius 1 is 1.12 bits per heavy atom. The van der Waals surface area contributed by atoms with Crippen LogP contribution in [0.4, 0.5) is 5.69 Å². The maximum atomic E-state index is 11.3. The minimum absolute atomic E-state index is 0.122. The number of nitrogens with zero attached hydrogens (tertiary/aromatic N) is 1. The molecule has 136 valence electrons. The molecule has 0 amide bonds. The Balaban J connectivity index is 1.75. The van der Waals surface area contributed by atoms with Gasteiger partial charge in [0.1, 0.15) is 5.75 Å². The first-order valence-corrected chi connectivity index (χ1v) is 9.72. The van der Waals surface area contributed by atoms with Crippen LogP contribution in [0.1, 0.15) is 11.3 Å². The molecule has 0 aliphatic rings. The molecule has 26 heavy (non-hydrogen) atoms. The molecule has 0 unspecified atom stereocenters. The van der Waals surface area contributed by atoms with E-state index in [1.165, 1.54) is 12.1 Å². The van der Waals surface area contributed by atoms with Crippen LogP contribution in [0, 0.1) is 6.92 Å². The molecule has 0 aliphatic carbocycles. The third kappa shape index (κ3) is 4.12. The smallest absolute Gasteiger partial charge is 0.238 e. The molecule has 1 heterocycles. The van der Waals surface area contributed by atoms with Crippen molar-refractivity contribution in [2.24, 2.45) is 5.14 Å². The monoisotopic (exact) mass is 371 g/mol. The van der Waals surface area contributed by atoms with E-state index in [1.54, 1.807) is 19.2 Å². The average molecular weight is 371 g/mol. The second-order valence-electron chi connectivity index (χ2n) is 6.06. The van der Waals surface area contributed by atoms with Gasteiger partial charge in [-0.15, -0.1) is 0 Å². The van der Waals surface area contributed by atoms with Gasteiger partial charge in [-0.05, 0) is 55.3 Å². The van der Waals surface area contributed by atoms with Crippen molar-refractivity contribution >= 4 is 26.6 Å². The molecule has 0 radical (unpaired) electrons. The second kappa shape index (κ2) is 7.31. The van der Waals surface area contributed by atoms with Gasteiger partial charge in [0.05, 0.1) is 17.5 Å². The van der Waals surface area contributed by atoms with Crippen LogP contribution in [0.5, 0.6) is 5.75 Å². The van der Waals surface area contributed by atoms with Crippen LogP contribution in [0.15, 0.2) is 53.4 Å². The van der Waals surface area contributed by atoms with E-state index in [0.29, 0.717) is 6.54 Å². The van der Waals surface area contributed by atoms with Gasteiger partial charge in [0.2, 0.25) is 10.0 Å². The summed E-state index contributed by atoms with van der Waals surface area (Å²) < 4.78 is 27.9. The fourth-order valence-electron chi connectivity index (χ4n) is 2.80. The summed E-state index contributed by atoms with van der Waals surface area (Å²) in [7, 11) is -2.01. The van der Waals surface area contributed by atoms with E-state index < -0.39 is 10.0 Å². The molecular weight excluding hydrogens is 350 g/mol. The standard InChI is InChI=1S/C19H21N3O3S/c1-13-11-19(17-12-15(25-2)5-8-18(17)22-13)21-10-9-14-3-6-16(7-4-14)26(20,23)24/h3-8,11-12H,9-10H2,1-2H3,(H,21,22)(H2,20,23,24). The van der Waals surface area contributed by atoms with Crippen LogP contribution in [-0.2, 0) is 16.4 Å². The van der Waals surface area contributed by atoms with Crippen molar-refractivity contribution in [3.05, 3.63) is 59.8 Å². The van der Waals surface area contributed by atoms with E-state index >= 15 is 0 Å². The van der Waals surface area contributed by atoms with Crippen LogP contribution >= 0.6 is 0 Å². The summed E-state index contributed by atoms with van der Waals surface area (Å²) >= 11 is 0. The number of primary sulfonamides is 1. The lowest BCUT2D eigenvalue weighted by molar-refractivity contribution is 0.415. The van der Waals surface area contributed by atoms with E-state index in [1.807, 2.05) is 31.2 Å². The van der Waals surface area contributed by atoms with Gasteiger partial charge in [-0.3, -0.25) is 4.98 Å². The highest BCUT2D eigenvalue weighted by molar-refractivity contribution is 7.89. The number of sulfonamides is 1. The molecule has 3 rings (SSSR count). The molecule has 7 heteroatoms. The van der Waals surface area contributed by atoms with Gasteiger partial charge < -0.3 is 10.1 Å². The van der Waals surface area contributed by atoms with Gasteiger partial charge in [0, 0.05) is 23.3 Å². The number of anilines is 1. The fourth-order valence-corrected chi connectivity index (χ4v) is 3.31. The lowest BCUT2D eigenvalue weighted by atomic mass is 10.1. The zero-order valence-corrected chi connectivity index (χ0v) is 15.5. The Labute approximate surface area is 153 Å². The predicted octanol–water partition coefficient (Wildman–Crippen LogP) is 2.85. The van der Waals surface area contributed by atoms with Crippen LogP contribution in [0.3, 0.4) is 0 Å². The number of fused-ring (bicyclic) bond motifs is 1. The number of aryl methyl sites for hydroxylation is 1. The molecule has 0 spiro atoms. The first-order chi connectivity index (χ1) is 12.4. The zero-order chi connectivity index (χ0) is 18.7. The minimum Gasteiger partial charge on any atom is -0.497 e. The number of pyridine rings is 1. The summed E-state index contributed by atoms with van der Waals surface area (Å²) in [6, 6.07) is 14.4. The average Bonchev–Trinajstić information content (AvgIpc) is 2.61. The van der Waals surface area contributed by atoms with E-state index in [-0.39, 0.29) is 4.90 Å². The molecule has 3 aromatic rings. The number of hydrogen-bond donors (Lipinski definition) is 2. The molecule has 0 aliphatic heterocycles. The molecule has 6 nitrogen and oxygen atoms in total. The summed E-state index contributed by atoms with van der Waals surface area (Å²) in [5, 5.41) is 9.55. The minimum atomic E-state index is -3.65. The van der Waals surface area contributed by atoms with Gasteiger partial charge >= 0.3 is 0 Å². The van der Waals surface area contributed by atoms with E-state index in [9.17, 15) is 8.42 Å². The number of aromatic nitrogens is 1. The summed E-state index contributed by atoms with van der Waals surface area (Å²) in [6.45, 7) is 2.66. The number of methoxy groups -OCH3 is 1. The zero-order valence-electron chi connectivity index (χ0n) is 14.7. The van der Waals surface area contributed by atoms with E-state index in [4.69, 9.17) is 9.88 Å². The Hall–Kier alpha value is -2.64. The molecule has 0 bridgehead atoms. The number of rotatable bonds is 6. The normalized spacial score (nSPS) is 11.5. The summed E-state index contributed by atoms with van der Waals surface area (Å²) in [4.78, 5) is 4.67. The molecule has 0 fully saturated rings. The number of nitrogens with one attached hydrogen (secondary N) is 1. The molecule has 0 saturated carbocycles. The highest BCUT2D eigenvalue weighted by atomic mass is 32.2. The van der Waals surface area contributed by atoms with Crippen LogP contribution in [0.2, 0.25) is 0 Å². The van der Waals surface area contributed by atoms with Gasteiger partial charge in [-0.2, -0.15) is 0 Å². The Bertz CT molecular complexity index is 1030. The van der Waals surface area contributed by atoms with Crippen molar-refractivity contribution in [3.63, 3.8) is 0 Å². The van der Waals surface area contributed by atoms with Crippen molar-refractivity contribution in [2.45, 2.75) is 18.2 Å². The Morgan fingerprint density at radius 2 is 1.85 bits per heavy atom. The number of benzene rings is 2. The highest BCUT2D eigenvalue weighted by Crippen LogP contribution is 2.27. The SMILES string of the molecule is COc1ccc2nc(C)cc(NCCc3ccc(S(N)(=O)=O)cc3)c2c1. The lowest BCUT2D eigenvalue weighted by Crippen LogP contribution is -2.12. The topological polar surface area (TPSA) is 94.3 Å². The van der Waals surface area contributed by atoms with Gasteiger partial charge in [-0.1, -0.05) is 12.1 Å². The molecule has 3 N–H and O–H groups in total. The van der Waals surface area contributed by atoms with E-state index in [2.05, 4.69) is 10.3 Å². The van der Waals surface area contributed by atoms with Gasteiger partial charge in [0.15, 0.2) is 0 Å². The highest BCUT2D eigenvalue weighted by Gasteiger charge is 2.08. The number of ether oxygens (including phenoxy) is 1. The van der Waals surface area contributed by atoms with Gasteiger partial charge in [-0.25, -0.2) is 13.6 Å². The molecule has 1 aromatic heterocycles. The predicted molar refractivity (Wildman–Crippen MR) is 103 cm³/mol. The summed E-state index contributed by atoms with van der Waals surface area (Å²) in [5.41, 5.74) is 3.86. The maximum absolute atomic E-state index is 11.3. The van der Waals surface area contributed by atoms with Crippen molar-refractivity contribution in [1.29, 1.82) is 0 Å². The molecular formula is C19H21N3O3S. The molecule has 0 atom stereocenters. The largest absolute Gasteiger partial charge is 0.497 e. The van der Waals surface area contributed by atoms with Crippen molar-refractivity contribution in [2.75, 3.05) is 19.0 Å². The fraction of sp³-hybridized carbons (Fsp3) is 0.211. The maximum Gasteiger partial charge on any atom is 0.238 e. The Kier molecular flexibility index (Phi) is 5.11. The molecule has 2 aromatic carbocycles. The number of hydrogen-bond acceptors (Lipinski definition) is 5. The number of nitrogens with two attached hydrogens (primary N) is 1. The first kappa shape index (κ1) is 18.2. The van der Waals surface area contributed by atoms with Gasteiger partial charge in [0.25, 0.3) is 0 Å². The summed E-state index contributed by atoms with van der Waals surface area (Å²) in [5.74, 6) is 0.782. The Morgan fingerprint density at radius 3 is 2.50 bits per heavy atom. The second-order valence-corrected chi connectivity index (χ2v) is 7.62.